The quantitative estimate of drug-likeness (QED) is 0.580. The minimum atomic E-state index is -0.739. The summed E-state index contributed by atoms with van der Waals surface area (Å²) in [5, 5.41) is 18.3. The molecule has 3 aromatic rings. The predicted molar refractivity (Wildman–Crippen MR) is 97.3 cm³/mol. The number of nitrogens with zero attached hydrogens (tertiary/aromatic N) is 4. The molecular formula is C19H13N5O3. The Balaban J connectivity index is 1.69. The van der Waals surface area contributed by atoms with Crippen LogP contribution < -0.4 is 4.90 Å². The molecule has 0 radical (unpaired) electrons. The zero-order chi connectivity index (χ0) is 18.7. The van der Waals surface area contributed by atoms with Gasteiger partial charge in [-0.05, 0) is 42.8 Å². The molecular weight excluding hydrogens is 346 g/mol. The standard InChI is InChI=1S/C19H13N5O3/c1-9(25)16-17(10-2-4-13-15(6-10)23-22-13)24(19(27)18(16)26)11-3-5-12-14(7-11)21-8-20-12/h2-8,17,26H,1H3,(H,20,21). The first kappa shape index (κ1) is 15.4. The Morgan fingerprint density at radius 3 is 2.67 bits per heavy atom. The van der Waals surface area contributed by atoms with Crippen LogP contribution in [0, 0.1) is 0 Å². The van der Waals surface area contributed by atoms with Crippen LogP contribution in [-0.4, -0.2) is 26.8 Å². The Kier molecular flexibility index (Phi) is 3.06. The van der Waals surface area contributed by atoms with E-state index in [-0.39, 0.29) is 11.4 Å². The highest BCUT2D eigenvalue weighted by Gasteiger charge is 2.43. The second-order valence-corrected chi connectivity index (χ2v) is 6.45. The van der Waals surface area contributed by atoms with E-state index in [1.807, 2.05) is 0 Å². The number of nitrogens with one attached hydrogen (secondary N) is 1. The molecule has 27 heavy (non-hydrogen) atoms. The highest BCUT2D eigenvalue weighted by Crippen LogP contribution is 2.45. The number of carbonyl (C=O) groups excluding carboxylic acids is 2. The van der Waals surface area contributed by atoms with E-state index in [1.54, 1.807) is 42.7 Å². The number of carbonyl (C=O) groups is 2. The normalized spacial score (nSPS) is 18.2. The Morgan fingerprint density at radius 1 is 1.15 bits per heavy atom. The molecule has 0 fully saturated rings. The molecule has 132 valence electrons. The first-order chi connectivity index (χ1) is 13.0. The summed E-state index contributed by atoms with van der Waals surface area (Å²) < 4.78 is 0. The van der Waals surface area contributed by atoms with E-state index in [2.05, 4.69) is 20.2 Å². The van der Waals surface area contributed by atoms with Gasteiger partial charge in [0.2, 0.25) is 0 Å². The van der Waals surface area contributed by atoms with Crippen molar-refractivity contribution in [3.63, 3.8) is 0 Å². The molecule has 5 rings (SSSR count). The Labute approximate surface area is 152 Å². The number of anilines is 1. The van der Waals surface area contributed by atoms with Gasteiger partial charge in [0.05, 0.1) is 29.0 Å². The van der Waals surface area contributed by atoms with Crippen molar-refractivity contribution in [2.24, 2.45) is 10.2 Å². The van der Waals surface area contributed by atoms with E-state index < -0.39 is 17.7 Å². The minimum Gasteiger partial charge on any atom is -0.503 e. The smallest absolute Gasteiger partial charge is 0.294 e. The maximum atomic E-state index is 12.8. The van der Waals surface area contributed by atoms with Gasteiger partial charge in [0.25, 0.3) is 5.91 Å². The molecule has 1 amide bonds. The summed E-state index contributed by atoms with van der Waals surface area (Å²) in [6.07, 6.45) is 1.57. The molecule has 1 atom stereocenters. The molecule has 2 aliphatic rings. The highest BCUT2D eigenvalue weighted by molar-refractivity contribution is 6.16. The molecule has 1 unspecified atom stereocenters. The van der Waals surface area contributed by atoms with Gasteiger partial charge in [-0.1, -0.05) is 6.07 Å². The molecule has 3 heterocycles. The second-order valence-electron chi connectivity index (χ2n) is 6.45. The van der Waals surface area contributed by atoms with E-state index in [9.17, 15) is 14.7 Å². The fourth-order valence-corrected chi connectivity index (χ4v) is 3.56. The number of amides is 1. The lowest BCUT2D eigenvalue weighted by molar-refractivity contribution is -0.117. The van der Waals surface area contributed by atoms with E-state index >= 15 is 0 Å². The number of H-pyrrole nitrogens is 1. The van der Waals surface area contributed by atoms with Gasteiger partial charge in [0, 0.05) is 5.69 Å². The maximum absolute atomic E-state index is 12.8. The van der Waals surface area contributed by atoms with Crippen molar-refractivity contribution >= 4 is 39.8 Å². The Hall–Kier alpha value is -3.81. The predicted octanol–water partition coefficient (Wildman–Crippen LogP) is 3.78. The molecule has 2 aliphatic heterocycles. The van der Waals surface area contributed by atoms with Crippen molar-refractivity contribution < 1.29 is 14.7 Å². The van der Waals surface area contributed by atoms with Crippen LogP contribution in [-0.2, 0) is 9.59 Å². The van der Waals surface area contributed by atoms with Crippen LogP contribution in [0.15, 0.2) is 64.3 Å². The molecule has 1 aromatic heterocycles. The van der Waals surface area contributed by atoms with Crippen LogP contribution in [0.5, 0.6) is 0 Å². The number of aromatic nitrogens is 2. The number of aromatic amines is 1. The molecule has 0 saturated heterocycles. The van der Waals surface area contributed by atoms with Crippen molar-refractivity contribution in [2.45, 2.75) is 13.0 Å². The van der Waals surface area contributed by atoms with Gasteiger partial charge in [-0.3, -0.25) is 14.5 Å². The molecule has 0 spiro atoms. The van der Waals surface area contributed by atoms with Gasteiger partial charge >= 0.3 is 0 Å². The molecule has 8 nitrogen and oxygen atoms in total. The van der Waals surface area contributed by atoms with E-state index in [0.29, 0.717) is 16.9 Å². The third kappa shape index (κ3) is 2.13. The summed E-state index contributed by atoms with van der Waals surface area (Å²) in [6, 6.07) is 9.90. The molecule has 2 aromatic carbocycles. The number of imidazole rings is 1. The number of rotatable bonds is 3. The van der Waals surface area contributed by atoms with Crippen LogP contribution in [0.25, 0.3) is 11.0 Å². The monoisotopic (exact) mass is 359 g/mol. The van der Waals surface area contributed by atoms with E-state index in [1.165, 1.54) is 11.8 Å². The van der Waals surface area contributed by atoms with Gasteiger partial charge in [-0.2, -0.15) is 0 Å². The number of ketones is 1. The Bertz CT molecular complexity index is 1210. The third-order valence-electron chi connectivity index (χ3n) is 4.85. The lowest BCUT2D eigenvalue weighted by Gasteiger charge is -2.27. The van der Waals surface area contributed by atoms with Crippen molar-refractivity contribution in [2.75, 3.05) is 4.90 Å². The molecule has 0 aliphatic carbocycles. The van der Waals surface area contributed by atoms with E-state index in [4.69, 9.17) is 0 Å². The lowest BCUT2D eigenvalue weighted by Crippen LogP contribution is -2.30. The van der Waals surface area contributed by atoms with Gasteiger partial charge in [0.15, 0.2) is 11.5 Å². The SMILES string of the molecule is CC(=O)C1=C(O)C(=O)N(c2ccc3nc[nH]c3c2)C1c1ccc2c(c1)N=N2. The van der Waals surface area contributed by atoms with Crippen molar-refractivity contribution in [3.8, 4) is 0 Å². The van der Waals surface area contributed by atoms with Crippen LogP contribution in [0.4, 0.5) is 17.1 Å². The Morgan fingerprint density at radius 2 is 1.96 bits per heavy atom. The zero-order valence-corrected chi connectivity index (χ0v) is 14.2. The summed E-state index contributed by atoms with van der Waals surface area (Å²) >= 11 is 0. The summed E-state index contributed by atoms with van der Waals surface area (Å²) in [7, 11) is 0. The van der Waals surface area contributed by atoms with Crippen LogP contribution >= 0.6 is 0 Å². The maximum Gasteiger partial charge on any atom is 0.294 e. The fraction of sp³-hybridized carbons (Fsp3) is 0.105. The first-order valence-electron chi connectivity index (χ1n) is 8.31. The highest BCUT2D eigenvalue weighted by atomic mass is 16.3. The van der Waals surface area contributed by atoms with Gasteiger partial charge in [-0.15, -0.1) is 10.2 Å². The number of benzene rings is 2. The number of Topliss-reactive ketones (excluding diaryl/α,β-unsaturated/α-hetero) is 1. The average Bonchev–Trinajstić information content (AvgIpc) is 3.18. The van der Waals surface area contributed by atoms with Gasteiger partial charge in [-0.25, -0.2) is 4.98 Å². The second kappa shape index (κ2) is 5.34. The van der Waals surface area contributed by atoms with Crippen LogP contribution in [0.3, 0.4) is 0 Å². The van der Waals surface area contributed by atoms with Crippen molar-refractivity contribution in [1.29, 1.82) is 0 Å². The van der Waals surface area contributed by atoms with E-state index in [0.717, 1.165) is 16.7 Å². The van der Waals surface area contributed by atoms with Gasteiger partial charge < -0.3 is 10.1 Å². The topological polar surface area (TPSA) is 111 Å². The van der Waals surface area contributed by atoms with Crippen molar-refractivity contribution in [1.82, 2.24) is 9.97 Å². The third-order valence-corrected chi connectivity index (χ3v) is 4.85. The molecule has 0 bridgehead atoms. The first-order valence-corrected chi connectivity index (χ1v) is 8.31. The number of aliphatic hydroxyl groups is 1. The lowest BCUT2D eigenvalue weighted by atomic mass is 9.95. The van der Waals surface area contributed by atoms with Gasteiger partial charge in [0.1, 0.15) is 11.4 Å². The molecule has 2 N–H and O–H groups in total. The number of fused-ring (bicyclic) bond motifs is 2. The minimum absolute atomic E-state index is 0.0703. The summed E-state index contributed by atoms with van der Waals surface area (Å²) in [5.41, 5.74) is 4.26. The summed E-state index contributed by atoms with van der Waals surface area (Å²) in [4.78, 5) is 33.7. The number of hydrogen-bond acceptors (Lipinski definition) is 6. The van der Waals surface area contributed by atoms with Crippen LogP contribution in [0.2, 0.25) is 0 Å². The molecule has 0 saturated carbocycles. The zero-order valence-electron chi connectivity index (χ0n) is 14.2. The number of aliphatic hydroxyl groups excluding tert-OH is 1. The summed E-state index contributed by atoms with van der Waals surface area (Å²) in [5.74, 6) is -1.50. The number of azo groups is 1. The van der Waals surface area contributed by atoms with Crippen molar-refractivity contribution in [3.05, 3.63) is 59.6 Å². The molecule has 8 heteroatoms. The van der Waals surface area contributed by atoms with Crippen LogP contribution in [0.1, 0.15) is 18.5 Å². The largest absolute Gasteiger partial charge is 0.503 e. The summed E-state index contributed by atoms with van der Waals surface area (Å²) in [6.45, 7) is 1.34. The average molecular weight is 359 g/mol. The fourth-order valence-electron chi connectivity index (χ4n) is 3.56. The number of hydrogen-bond donors (Lipinski definition) is 2.